The molecule has 5 nitrogen and oxygen atoms in total. The molecule has 0 aromatic heterocycles. The van der Waals surface area contributed by atoms with Crippen LogP contribution in [0.25, 0.3) is 0 Å². The predicted octanol–water partition coefficient (Wildman–Crippen LogP) is 3.81. The Morgan fingerprint density at radius 3 is 2.44 bits per heavy atom. The molecule has 2 aromatic carbocycles. The van der Waals surface area contributed by atoms with E-state index in [4.69, 9.17) is 4.74 Å². The lowest BCUT2D eigenvalue weighted by molar-refractivity contribution is -0.119. The van der Waals surface area contributed by atoms with Crippen LogP contribution >= 0.6 is 11.8 Å². The molecule has 0 bridgehead atoms. The molecule has 1 amide bonds. The van der Waals surface area contributed by atoms with Gasteiger partial charge in [0, 0.05) is 10.6 Å². The summed E-state index contributed by atoms with van der Waals surface area (Å²) in [6, 6.07) is 12.3. The van der Waals surface area contributed by atoms with E-state index in [9.17, 15) is 18.4 Å². The van der Waals surface area contributed by atoms with E-state index in [1.807, 2.05) is 6.26 Å². The topological polar surface area (TPSA) is 64.6 Å². The molecule has 8 heteroatoms. The SMILES string of the molecule is CSc1ccccc1C(=O)OCC(=O)Nc1ccc(OC(F)F)cc1. The summed E-state index contributed by atoms with van der Waals surface area (Å²) in [6.45, 7) is -3.37. The molecule has 0 radical (unpaired) electrons. The summed E-state index contributed by atoms with van der Waals surface area (Å²) < 4.78 is 33.3. The lowest BCUT2D eigenvalue weighted by atomic mass is 10.2. The number of carbonyl (C=O) groups is 2. The number of ether oxygens (including phenoxy) is 2. The second-order valence-corrected chi connectivity index (χ2v) is 5.58. The zero-order valence-electron chi connectivity index (χ0n) is 13.2. The van der Waals surface area contributed by atoms with Crippen LogP contribution in [0.1, 0.15) is 10.4 Å². The third-order valence-electron chi connectivity index (χ3n) is 3.02. The molecular weight excluding hydrogens is 352 g/mol. The van der Waals surface area contributed by atoms with Gasteiger partial charge in [0.1, 0.15) is 5.75 Å². The fraction of sp³-hybridized carbons (Fsp3) is 0.176. The van der Waals surface area contributed by atoms with Crippen molar-refractivity contribution in [3.63, 3.8) is 0 Å². The standard InChI is InChI=1S/C17H15F2NO4S/c1-25-14-5-3-2-4-13(14)16(22)23-10-15(21)20-11-6-8-12(9-7-11)24-17(18)19/h2-9,17H,10H2,1H3,(H,20,21). The maximum Gasteiger partial charge on any atom is 0.387 e. The molecule has 2 aromatic rings. The third-order valence-corrected chi connectivity index (χ3v) is 3.82. The Morgan fingerprint density at radius 1 is 1.12 bits per heavy atom. The lowest BCUT2D eigenvalue weighted by Gasteiger charge is -2.09. The number of benzene rings is 2. The van der Waals surface area contributed by atoms with Crippen molar-refractivity contribution < 1.29 is 27.8 Å². The summed E-state index contributed by atoms with van der Waals surface area (Å²) in [5.41, 5.74) is 0.753. The van der Waals surface area contributed by atoms with Gasteiger partial charge in [0.05, 0.1) is 5.56 Å². The van der Waals surface area contributed by atoms with Crippen molar-refractivity contribution in [2.75, 3.05) is 18.2 Å². The highest BCUT2D eigenvalue weighted by Crippen LogP contribution is 2.21. The summed E-state index contributed by atoms with van der Waals surface area (Å²) in [5.74, 6) is -1.16. The van der Waals surface area contributed by atoms with Gasteiger partial charge < -0.3 is 14.8 Å². The van der Waals surface area contributed by atoms with Crippen LogP contribution in [0.4, 0.5) is 14.5 Å². The number of carbonyl (C=O) groups excluding carboxylic acids is 2. The second-order valence-electron chi connectivity index (χ2n) is 4.73. The van der Waals surface area contributed by atoms with Crippen LogP contribution in [-0.4, -0.2) is 31.4 Å². The van der Waals surface area contributed by atoms with E-state index >= 15 is 0 Å². The number of nitrogens with one attached hydrogen (secondary N) is 1. The summed E-state index contributed by atoms with van der Waals surface area (Å²) >= 11 is 1.40. The molecule has 0 spiro atoms. The number of alkyl halides is 2. The fourth-order valence-corrected chi connectivity index (χ4v) is 2.52. The average Bonchev–Trinajstić information content (AvgIpc) is 2.61. The van der Waals surface area contributed by atoms with Crippen LogP contribution in [0.2, 0.25) is 0 Å². The monoisotopic (exact) mass is 367 g/mol. The number of anilines is 1. The van der Waals surface area contributed by atoms with Gasteiger partial charge >= 0.3 is 12.6 Å². The Balaban J connectivity index is 1.87. The van der Waals surface area contributed by atoms with E-state index < -0.39 is 25.1 Å². The molecule has 2 rings (SSSR count). The molecule has 0 heterocycles. The zero-order valence-corrected chi connectivity index (χ0v) is 14.0. The van der Waals surface area contributed by atoms with Crippen LogP contribution in [0.3, 0.4) is 0 Å². The number of rotatable bonds is 7. The maximum atomic E-state index is 12.1. The molecular formula is C17H15F2NO4S. The van der Waals surface area contributed by atoms with Crippen molar-refractivity contribution in [1.82, 2.24) is 0 Å². The van der Waals surface area contributed by atoms with Gasteiger partial charge in [-0.25, -0.2) is 4.79 Å². The lowest BCUT2D eigenvalue weighted by Crippen LogP contribution is -2.21. The van der Waals surface area contributed by atoms with E-state index in [1.54, 1.807) is 24.3 Å². The van der Waals surface area contributed by atoms with Crippen LogP contribution < -0.4 is 10.1 Å². The Bertz CT molecular complexity index is 738. The Labute approximate surface area is 147 Å². The first-order chi connectivity index (χ1) is 12.0. The van der Waals surface area contributed by atoms with Crippen molar-refractivity contribution in [3.8, 4) is 5.75 Å². The highest BCUT2D eigenvalue weighted by Gasteiger charge is 2.14. The minimum atomic E-state index is -2.91. The number of esters is 1. The van der Waals surface area contributed by atoms with Crippen molar-refractivity contribution in [2.45, 2.75) is 11.5 Å². The van der Waals surface area contributed by atoms with Crippen LogP contribution in [0, 0.1) is 0 Å². The number of hydrogen-bond acceptors (Lipinski definition) is 5. The van der Waals surface area contributed by atoms with Gasteiger partial charge in [0.25, 0.3) is 5.91 Å². The first kappa shape index (κ1) is 18.7. The summed E-state index contributed by atoms with van der Waals surface area (Å²) in [6.07, 6.45) is 1.83. The van der Waals surface area contributed by atoms with Crippen LogP contribution in [-0.2, 0) is 9.53 Å². The molecule has 1 N–H and O–H groups in total. The third kappa shape index (κ3) is 5.75. The van der Waals surface area contributed by atoms with E-state index in [1.165, 1.54) is 36.0 Å². The minimum absolute atomic E-state index is 0.0203. The smallest absolute Gasteiger partial charge is 0.387 e. The van der Waals surface area contributed by atoms with Gasteiger partial charge in [0.15, 0.2) is 6.61 Å². The van der Waals surface area contributed by atoms with E-state index in [-0.39, 0.29) is 5.75 Å². The zero-order chi connectivity index (χ0) is 18.2. The molecule has 0 aliphatic heterocycles. The number of halogens is 2. The largest absolute Gasteiger partial charge is 0.452 e. The Hall–Kier alpha value is -2.61. The van der Waals surface area contributed by atoms with E-state index in [0.717, 1.165) is 4.90 Å². The predicted molar refractivity (Wildman–Crippen MR) is 90.2 cm³/mol. The molecule has 0 aliphatic rings. The van der Waals surface area contributed by atoms with E-state index in [0.29, 0.717) is 11.3 Å². The van der Waals surface area contributed by atoms with Gasteiger partial charge in [-0.2, -0.15) is 8.78 Å². The molecule has 0 fully saturated rings. The Kier molecular flexibility index (Phi) is 6.76. The molecule has 0 saturated carbocycles. The number of thioether (sulfide) groups is 1. The average molecular weight is 367 g/mol. The molecule has 132 valence electrons. The summed E-state index contributed by atoms with van der Waals surface area (Å²) in [7, 11) is 0. The van der Waals surface area contributed by atoms with E-state index in [2.05, 4.69) is 10.1 Å². The first-order valence-electron chi connectivity index (χ1n) is 7.14. The highest BCUT2D eigenvalue weighted by atomic mass is 32.2. The summed E-state index contributed by atoms with van der Waals surface area (Å²) in [4.78, 5) is 24.6. The molecule has 0 unspecified atom stereocenters. The fourth-order valence-electron chi connectivity index (χ4n) is 1.94. The Morgan fingerprint density at radius 2 is 1.80 bits per heavy atom. The maximum absolute atomic E-state index is 12.1. The van der Waals surface area contributed by atoms with Crippen molar-refractivity contribution >= 4 is 29.3 Å². The summed E-state index contributed by atoms with van der Waals surface area (Å²) in [5, 5.41) is 2.49. The van der Waals surface area contributed by atoms with Crippen LogP contribution in [0.15, 0.2) is 53.4 Å². The molecule has 0 saturated heterocycles. The number of hydrogen-bond donors (Lipinski definition) is 1. The molecule has 25 heavy (non-hydrogen) atoms. The first-order valence-corrected chi connectivity index (χ1v) is 8.37. The van der Waals surface area contributed by atoms with Crippen molar-refractivity contribution in [1.29, 1.82) is 0 Å². The number of amides is 1. The minimum Gasteiger partial charge on any atom is -0.452 e. The highest BCUT2D eigenvalue weighted by molar-refractivity contribution is 7.98. The van der Waals surface area contributed by atoms with Gasteiger partial charge in [-0.15, -0.1) is 11.8 Å². The quantitative estimate of drug-likeness (QED) is 0.596. The molecule has 0 atom stereocenters. The van der Waals surface area contributed by atoms with Gasteiger partial charge in [0.2, 0.25) is 0 Å². The van der Waals surface area contributed by atoms with Gasteiger partial charge in [-0.3, -0.25) is 4.79 Å². The normalized spacial score (nSPS) is 10.4. The van der Waals surface area contributed by atoms with Crippen LogP contribution in [0.5, 0.6) is 5.75 Å². The van der Waals surface area contributed by atoms with Crippen molar-refractivity contribution in [3.05, 3.63) is 54.1 Å². The van der Waals surface area contributed by atoms with Gasteiger partial charge in [-0.1, -0.05) is 12.1 Å². The van der Waals surface area contributed by atoms with Crippen molar-refractivity contribution in [2.24, 2.45) is 0 Å². The second kappa shape index (κ2) is 9.03. The molecule has 0 aliphatic carbocycles. The van der Waals surface area contributed by atoms with Gasteiger partial charge in [-0.05, 0) is 42.7 Å².